The molecule has 2 aromatic rings. The number of hydrogen-bond donors (Lipinski definition) is 0. The van der Waals surface area contributed by atoms with Crippen molar-refractivity contribution >= 4 is 15.9 Å². The first-order valence-electron chi connectivity index (χ1n) is 5.90. The summed E-state index contributed by atoms with van der Waals surface area (Å²) in [5, 5.41) is 8.85. The quantitative estimate of drug-likeness (QED) is 0.778. The number of nitrogens with zero attached hydrogens (tertiary/aromatic N) is 1. The standard InChI is InChI=1S/C15H11BrFNO2/c16-11-4-6-12(7-5-11)19-8-9-20-15-3-1-2-14(17)13(15)10-18/h1-7H,8-9H2. The molecule has 0 aromatic heterocycles. The van der Waals surface area contributed by atoms with E-state index in [9.17, 15) is 4.39 Å². The number of rotatable bonds is 5. The van der Waals surface area contributed by atoms with Gasteiger partial charge in [0.05, 0.1) is 0 Å². The monoisotopic (exact) mass is 335 g/mol. The SMILES string of the molecule is N#Cc1c(F)cccc1OCCOc1ccc(Br)cc1. The number of nitriles is 1. The van der Waals surface area contributed by atoms with E-state index in [-0.39, 0.29) is 17.9 Å². The summed E-state index contributed by atoms with van der Waals surface area (Å²) in [6, 6.07) is 13.5. The van der Waals surface area contributed by atoms with Crippen molar-refractivity contribution in [1.82, 2.24) is 0 Å². The van der Waals surface area contributed by atoms with Gasteiger partial charge in [-0.15, -0.1) is 0 Å². The van der Waals surface area contributed by atoms with E-state index in [1.165, 1.54) is 12.1 Å². The average molecular weight is 336 g/mol. The van der Waals surface area contributed by atoms with Crippen LogP contribution in [-0.4, -0.2) is 13.2 Å². The molecule has 0 unspecified atom stereocenters. The van der Waals surface area contributed by atoms with Crippen LogP contribution in [0.25, 0.3) is 0 Å². The van der Waals surface area contributed by atoms with Crippen LogP contribution >= 0.6 is 15.9 Å². The Morgan fingerprint density at radius 2 is 1.75 bits per heavy atom. The summed E-state index contributed by atoms with van der Waals surface area (Å²) in [6.45, 7) is 0.539. The fraction of sp³-hybridized carbons (Fsp3) is 0.133. The molecular weight excluding hydrogens is 325 g/mol. The highest BCUT2D eigenvalue weighted by atomic mass is 79.9. The molecule has 0 bridgehead atoms. The molecule has 0 aliphatic rings. The average Bonchev–Trinajstić information content (AvgIpc) is 2.45. The normalized spacial score (nSPS) is 9.85. The lowest BCUT2D eigenvalue weighted by atomic mass is 10.2. The molecule has 0 saturated heterocycles. The first kappa shape index (κ1) is 14.4. The summed E-state index contributed by atoms with van der Waals surface area (Å²) >= 11 is 3.33. The molecule has 0 atom stereocenters. The topological polar surface area (TPSA) is 42.2 Å². The van der Waals surface area contributed by atoms with Crippen molar-refractivity contribution in [2.45, 2.75) is 0 Å². The zero-order chi connectivity index (χ0) is 14.4. The molecule has 0 amide bonds. The van der Waals surface area contributed by atoms with Crippen molar-refractivity contribution in [3.8, 4) is 17.6 Å². The third-order valence-corrected chi connectivity index (χ3v) is 3.04. The van der Waals surface area contributed by atoms with Crippen molar-refractivity contribution in [3.05, 3.63) is 58.3 Å². The Labute approximate surface area is 124 Å². The van der Waals surface area contributed by atoms with Crippen LogP contribution in [0, 0.1) is 17.1 Å². The van der Waals surface area contributed by atoms with E-state index < -0.39 is 5.82 Å². The predicted molar refractivity (Wildman–Crippen MR) is 76.2 cm³/mol. The fourth-order valence-corrected chi connectivity index (χ4v) is 1.84. The number of benzene rings is 2. The number of halogens is 2. The van der Waals surface area contributed by atoms with Gasteiger partial charge in [0.15, 0.2) is 0 Å². The van der Waals surface area contributed by atoms with Gasteiger partial charge in [-0.2, -0.15) is 5.26 Å². The summed E-state index contributed by atoms with van der Waals surface area (Å²) in [6.07, 6.45) is 0. The summed E-state index contributed by atoms with van der Waals surface area (Å²) < 4.78 is 25.1. The van der Waals surface area contributed by atoms with Crippen LogP contribution in [0.1, 0.15) is 5.56 Å². The minimum absolute atomic E-state index is 0.0869. The molecule has 5 heteroatoms. The van der Waals surface area contributed by atoms with E-state index in [1.807, 2.05) is 24.3 Å². The fourth-order valence-electron chi connectivity index (χ4n) is 1.58. The van der Waals surface area contributed by atoms with Crippen LogP contribution in [0.3, 0.4) is 0 Å². The van der Waals surface area contributed by atoms with Crippen molar-refractivity contribution in [1.29, 1.82) is 5.26 Å². The molecule has 0 fully saturated rings. The largest absolute Gasteiger partial charge is 0.490 e. The van der Waals surface area contributed by atoms with E-state index in [1.54, 1.807) is 12.1 Å². The van der Waals surface area contributed by atoms with Gasteiger partial charge in [-0.1, -0.05) is 22.0 Å². The smallest absolute Gasteiger partial charge is 0.144 e. The Bertz CT molecular complexity index is 623. The maximum atomic E-state index is 13.3. The van der Waals surface area contributed by atoms with Crippen LogP contribution in [0.15, 0.2) is 46.9 Å². The molecule has 3 nitrogen and oxygen atoms in total. The van der Waals surface area contributed by atoms with Gasteiger partial charge >= 0.3 is 0 Å². The molecule has 0 radical (unpaired) electrons. The maximum Gasteiger partial charge on any atom is 0.144 e. The Hall–Kier alpha value is -2.06. The van der Waals surface area contributed by atoms with E-state index >= 15 is 0 Å². The highest BCUT2D eigenvalue weighted by Gasteiger charge is 2.08. The molecule has 0 saturated carbocycles. The van der Waals surface area contributed by atoms with Crippen molar-refractivity contribution < 1.29 is 13.9 Å². The predicted octanol–water partition coefficient (Wildman–Crippen LogP) is 3.92. The van der Waals surface area contributed by atoms with Crippen LogP contribution < -0.4 is 9.47 Å². The molecule has 0 N–H and O–H groups in total. The molecule has 0 heterocycles. The zero-order valence-corrected chi connectivity index (χ0v) is 12.1. The molecule has 0 aliphatic heterocycles. The Morgan fingerprint density at radius 1 is 1.05 bits per heavy atom. The van der Waals surface area contributed by atoms with Crippen molar-refractivity contribution in [2.75, 3.05) is 13.2 Å². The minimum Gasteiger partial charge on any atom is -0.490 e. The highest BCUT2D eigenvalue weighted by Crippen LogP contribution is 2.20. The third kappa shape index (κ3) is 3.72. The summed E-state index contributed by atoms with van der Waals surface area (Å²) in [5.74, 6) is 0.363. The Kier molecular flexibility index (Phi) is 4.97. The first-order valence-corrected chi connectivity index (χ1v) is 6.70. The second-order valence-corrected chi connectivity index (χ2v) is 4.79. The van der Waals surface area contributed by atoms with Gasteiger partial charge in [0.1, 0.15) is 42.2 Å². The van der Waals surface area contributed by atoms with Gasteiger partial charge in [0.2, 0.25) is 0 Å². The number of ether oxygens (including phenoxy) is 2. The van der Waals surface area contributed by atoms with Crippen molar-refractivity contribution in [2.24, 2.45) is 0 Å². The van der Waals surface area contributed by atoms with Gasteiger partial charge in [-0.05, 0) is 36.4 Å². The second kappa shape index (κ2) is 6.92. The van der Waals surface area contributed by atoms with E-state index in [0.29, 0.717) is 6.61 Å². The van der Waals surface area contributed by atoms with Gasteiger partial charge in [-0.25, -0.2) is 4.39 Å². The lowest BCUT2D eigenvalue weighted by Gasteiger charge is -2.09. The lowest BCUT2D eigenvalue weighted by Crippen LogP contribution is -2.10. The van der Waals surface area contributed by atoms with Gasteiger partial charge in [0.25, 0.3) is 0 Å². The molecule has 20 heavy (non-hydrogen) atoms. The number of hydrogen-bond acceptors (Lipinski definition) is 3. The second-order valence-electron chi connectivity index (χ2n) is 3.88. The van der Waals surface area contributed by atoms with Crippen molar-refractivity contribution in [3.63, 3.8) is 0 Å². The molecule has 0 spiro atoms. The van der Waals surface area contributed by atoms with E-state index in [2.05, 4.69) is 15.9 Å². The van der Waals surface area contributed by atoms with Crippen LogP contribution in [0.5, 0.6) is 11.5 Å². The van der Waals surface area contributed by atoms with E-state index in [4.69, 9.17) is 14.7 Å². The molecular formula is C15H11BrFNO2. The van der Waals surface area contributed by atoms with Crippen LogP contribution in [0.4, 0.5) is 4.39 Å². The summed E-state index contributed by atoms with van der Waals surface area (Å²) in [5.41, 5.74) is -0.0869. The van der Waals surface area contributed by atoms with Gasteiger partial charge in [-0.3, -0.25) is 0 Å². The lowest BCUT2D eigenvalue weighted by molar-refractivity contribution is 0.216. The molecule has 102 valence electrons. The zero-order valence-electron chi connectivity index (χ0n) is 10.5. The Balaban J connectivity index is 1.86. The Morgan fingerprint density at radius 3 is 2.45 bits per heavy atom. The molecule has 2 rings (SSSR count). The third-order valence-electron chi connectivity index (χ3n) is 2.51. The van der Waals surface area contributed by atoms with Gasteiger partial charge < -0.3 is 9.47 Å². The first-order chi connectivity index (χ1) is 9.70. The minimum atomic E-state index is -0.584. The van der Waals surface area contributed by atoms with Gasteiger partial charge in [0, 0.05) is 4.47 Å². The van der Waals surface area contributed by atoms with Crippen LogP contribution in [0.2, 0.25) is 0 Å². The summed E-state index contributed by atoms with van der Waals surface area (Å²) in [7, 11) is 0. The highest BCUT2D eigenvalue weighted by molar-refractivity contribution is 9.10. The summed E-state index contributed by atoms with van der Waals surface area (Å²) in [4.78, 5) is 0. The van der Waals surface area contributed by atoms with E-state index in [0.717, 1.165) is 10.2 Å². The van der Waals surface area contributed by atoms with Crippen LogP contribution in [-0.2, 0) is 0 Å². The molecule has 2 aromatic carbocycles. The molecule has 0 aliphatic carbocycles. The maximum absolute atomic E-state index is 13.3.